The number of nitrogens with zero attached hydrogens (tertiary/aromatic N) is 2. The topological polar surface area (TPSA) is 131 Å². The van der Waals surface area contributed by atoms with E-state index in [-0.39, 0.29) is 5.82 Å². The summed E-state index contributed by atoms with van der Waals surface area (Å²) in [5.74, 6) is 1.24. The van der Waals surface area contributed by atoms with E-state index in [1.807, 2.05) is 4.98 Å². The van der Waals surface area contributed by atoms with Gasteiger partial charge in [-0.2, -0.15) is 5.10 Å². The molecule has 0 bridgehead atoms. The van der Waals surface area contributed by atoms with Crippen LogP contribution in [-0.2, 0) is 0 Å². The molecule has 1 aromatic carbocycles. The molecule has 3 N–H and O–H groups in total. The first-order valence-corrected chi connectivity index (χ1v) is 6.37. The lowest BCUT2D eigenvalue weighted by atomic mass is 10.2. The second-order valence-electron chi connectivity index (χ2n) is 4.18. The van der Waals surface area contributed by atoms with Gasteiger partial charge in [-0.15, -0.1) is 5.10 Å². The van der Waals surface area contributed by atoms with E-state index in [4.69, 9.17) is 14.2 Å². The zero-order chi connectivity index (χ0) is 16.8. The Morgan fingerprint density at radius 3 is 2.30 bits per heavy atom. The monoisotopic (exact) mass is 321 g/mol. The molecule has 0 fully saturated rings. The number of hydrazone groups is 1. The molecule has 0 unspecified atom stereocenters. The minimum Gasteiger partial charge on any atom is -0.493 e. The molecule has 0 saturated carbocycles. The van der Waals surface area contributed by atoms with Crippen LogP contribution in [0.1, 0.15) is 5.56 Å². The van der Waals surface area contributed by atoms with E-state index in [1.165, 1.54) is 27.5 Å². The number of nitrogens with one attached hydrogen (secondary N) is 3. The Bertz CT molecular complexity index is 801. The smallest absolute Gasteiger partial charge is 0.342 e. The predicted molar refractivity (Wildman–Crippen MR) is 82.8 cm³/mol. The molecule has 2 rings (SSSR count). The lowest BCUT2D eigenvalue weighted by Crippen LogP contribution is -2.25. The van der Waals surface area contributed by atoms with Crippen LogP contribution in [0.3, 0.4) is 0 Å². The third-order valence-corrected chi connectivity index (χ3v) is 2.78. The van der Waals surface area contributed by atoms with E-state index in [1.54, 1.807) is 12.1 Å². The van der Waals surface area contributed by atoms with E-state index in [9.17, 15) is 9.59 Å². The van der Waals surface area contributed by atoms with Crippen LogP contribution in [0.5, 0.6) is 17.2 Å². The highest BCUT2D eigenvalue weighted by atomic mass is 16.5. The summed E-state index contributed by atoms with van der Waals surface area (Å²) in [5, 5.41) is 9.49. The fraction of sp³-hybridized carbons (Fsp3) is 0.231. The third kappa shape index (κ3) is 3.67. The molecule has 0 saturated heterocycles. The Morgan fingerprint density at radius 2 is 1.78 bits per heavy atom. The predicted octanol–water partition coefficient (Wildman–Crippen LogP) is -0.0700. The molecule has 0 aliphatic carbocycles. The quantitative estimate of drug-likeness (QED) is 0.501. The van der Waals surface area contributed by atoms with E-state index in [0.717, 1.165) is 0 Å². The molecular weight excluding hydrogens is 306 g/mol. The van der Waals surface area contributed by atoms with E-state index >= 15 is 0 Å². The lowest BCUT2D eigenvalue weighted by Gasteiger charge is -2.12. The molecule has 0 aliphatic heterocycles. The van der Waals surface area contributed by atoms with Crippen molar-refractivity contribution in [1.29, 1.82) is 0 Å². The number of aromatic nitrogens is 3. The van der Waals surface area contributed by atoms with Gasteiger partial charge in [0.2, 0.25) is 11.6 Å². The first kappa shape index (κ1) is 16.1. The fourth-order valence-corrected chi connectivity index (χ4v) is 1.77. The van der Waals surface area contributed by atoms with Crippen LogP contribution in [0.2, 0.25) is 0 Å². The normalized spacial score (nSPS) is 10.6. The summed E-state index contributed by atoms with van der Waals surface area (Å²) in [6.07, 6.45) is 1.43. The molecule has 0 radical (unpaired) electrons. The van der Waals surface area contributed by atoms with Gasteiger partial charge in [-0.25, -0.2) is 9.89 Å². The molecule has 0 amide bonds. The number of hydrogen-bond donors (Lipinski definition) is 3. The maximum absolute atomic E-state index is 11.4. The Hall–Kier alpha value is -3.30. The van der Waals surface area contributed by atoms with Crippen molar-refractivity contribution in [2.24, 2.45) is 5.10 Å². The average Bonchev–Trinajstić information content (AvgIpc) is 2.55. The van der Waals surface area contributed by atoms with Gasteiger partial charge in [0.15, 0.2) is 11.5 Å². The lowest BCUT2D eigenvalue weighted by molar-refractivity contribution is 0.324. The van der Waals surface area contributed by atoms with Gasteiger partial charge in [0.1, 0.15) is 0 Å². The van der Waals surface area contributed by atoms with Crippen molar-refractivity contribution in [2.45, 2.75) is 0 Å². The van der Waals surface area contributed by atoms with Crippen LogP contribution < -0.4 is 30.9 Å². The van der Waals surface area contributed by atoms with Crippen LogP contribution in [-0.4, -0.2) is 42.7 Å². The van der Waals surface area contributed by atoms with Gasteiger partial charge in [-0.3, -0.25) is 15.2 Å². The molecule has 1 heterocycles. The number of aromatic amines is 2. The number of hydrogen-bond acceptors (Lipinski definition) is 8. The number of rotatable bonds is 6. The molecule has 0 aliphatic rings. The van der Waals surface area contributed by atoms with Crippen LogP contribution in [0, 0.1) is 0 Å². The van der Waals surface area contributed by atoms with Gasteiger partial charge in [0.25, 0.3) is 5.56 Å². The molecule has 122 valence electrons. The largest absolute Gasteiger partial charge is 0.493 e. The van der Waals surface area contributed by atoms with Gasteiger partial charge in [-0.05, 0) is 12.1 Å². The number of H-pyrrole nitrogens is 2. The Kier molecular flexibility index (Phi) is 4.97. The average molecular weight is 321 g/mol. The molecule has 10 heteroatoms. The summed E-state index contributed by atoms with van der Waals surface area (Å²) in [6.45, 7) is 0. The standard InChI is InChI=1S/C13H15N5O5/c1-21-8-4-7(5-9(22-2)10(8)23-3)6-14-16-11-12(19)15-13(20)18-17-11/h4-6H,1-3H3,(H,16,17)(H2,15,18,19,20)/b14-6-. The SMILES string of the molecule is COc1cc(/C=N\Nc2n[nH]c(=O)[nH]c2=O)cc(OC)c1OC. The highest BCUT2D eigenvalue weighted by molar-refractivity contribution is 5.82. The van der Waals surface area contributed by atoms with Crippen molar-refractivity contribution in [1.82, 2.24) is 15.2 Å². The van der Waals surface area contributed by atoms with Gasteiger partial charge in [0, 0.05) is 5.56 Å². The number of methoxy groups -OCH3 is 3. The molecule has 1 aromatic heterocycles. The number of benzene rings is 1. The molecule has 0 spiro atoms. The zero-order valence-electron chi connectivity index (χ0n) is 12.7. The van der Waals surface area contributed by atoms with Gasteiger partial charge >= 0.3 is 5.69 Å². The van der Waals surface area contributed by atoms with Crippen molar-refractivity contribution >= 4 is 12.0 Å². The Morgan fingerprint density at radius 1 is 1.13 bits per heavy atom. The van der Waals surface area contributed by atoms with Crippen LogP contribution >= 0.6 is 0 Å². The Balaban J connectivity index is 2.25. The van der Waals surface area contributed by atoms with Crippen LogP contribution in [0.15, 0.2) is 26.8 Å². The number of anilines is 1. The summed E-state index contributed by atoms with van der Waals surface area (Å²) in [7, 11) is 4.50. The van der Waals surface area contributed by atoms with Gasteiger partial charge in [0.05, 0.1) is 27.5 Å². The first-order valence-electron chi connectivity index (χ1n) is 6.37. The van der Waals surface area contributed by atoms with Gasteiger partial charge in [-0.1, -0.05) is 0 Å². The highest BCUT2D eigenvalue weighted by Gasteiger charge is 2.12. The molecular formula is C13H15N5O5. The minimum atomic E-state index is -0.700. The summed E-state index contributed by atoms with van der Waals surface area (Å²) < 4.78 is 15.7. The maximum atomic E-state index is 11.4. The highest BCUT2D eigenvalue weighted by Crippen LogP contribution is 2.37. The molecule has 23 heavy (non-hydrogen) atoms. The van der Waals surface area contributed by atoms with Crippen molar-refractivity contribution < 1.29 is 14.2 Å². The number of ether oxygens (including phenoxy) is 3. The Labute approximate surface area is 130 Å². The second-order valence-corrected chi connectivity index (χ2v) is 4.18. The summed E-state index contributed by atoms with van der Waals surface area (Å²) in [5.41, 5.74) is 1.67. The molecule has 2 aromatic rings. The van der Waals surface area contributed by atoms with Crippen molar-refractivity contribution in [3.63, 3.8) is 0 Å². The zero-order valence-corrected chi connectivity index (χ0v) is 12.7. The van der Waals surface area contributed by atoms with E-state index < -0.39 is 11.2 Å². The van der Waals surface area contributed by atoms with E-state index in [0.29, 0.717) is 22.8 Å². The summed E-state index contributed by atoms with van der Waals surface area (Å²) in [6, 6.07) is 3.36. The summed E-state index contributed by atoms with van der Waals surface area (Å²) in [4.78, 5) is 24.3. The fourth-order valence-electron chi connectivity index (χ4n) is 1.77. The third-order valence-electron chi connectivity index (χ3n) is 2.78. The second kappa shape index (κ2) is 7.11. The van der Waals surface area contributed by atoms with E-state index in [2.05, 4.69) is 20.7 Å². The van der Waals surface area contributed by atoms with Crippen molar-refractivity contribution in [3.05, 3.63) is 38.5 Å². The van der Waals surface area contributed by atoms with Crippen LogP contribution in [0.4, 0.5) is 5.82 Å². The van der Waals surface area contributed by atoms with Crippen molar-refractivity contribution in [2.75, 3.05) is 26.8 Å². The van der Waals surface area contributed by atoms with Crippen LogP contribution in [0.25, 0.3) is 0 Å². The maximum Gasteiger partial charge on any atom is 0.342 e. The van der Waals surface area contributed by atoms with Crippen molar-refractivity contribution in [3.8, 4) is 17.2 Å². The first-order chi connectivity index (χ1) is 11.1. The minimum absolute atomic E-state index is 0.145. The van der Waals surface area contributed by atoms with Gasteiger partial charge < -0.3 is 14.2 Å². The molecule has 0 atom stereocenters. The molecule has 10 nitrogen and oxygen atoms in total. The summed E-state index contributed by atoms with van der Waals surface area (Å²) >= 11 is 0.